The van der Waals surface area contributed by atoms with Crippen LogP contribution in [-0.4, -0.2) is 193 Å². The van der Waals surface area contributed by atoms with Gasteiger partial charge in [0, 0.05) is 6.42 Å². The summed E-state index contributed by atoms with van der Waals surface area (Å²) in [5.41, 5.74) is 0. The Hall–Kier alpha value is -1.47. The van der Waals surface area contributed by atoms with Crippen LogP contribution in [0.5, 0.6) is 0 Å². The maximum atomic E-state index is 13.1. The average Bonchev–Trinajstić information content (AvgIpc) is 3.29. The van der Waals surface area contributed by atoms with Gasteiger partial charge in [0.05, 0.1) is 38.6 Å². The highest BCUT2D eigenvalue weighted by Crippen LogP contribution is 2.33. The second kappa shape index (κ2) is 31.6. The van der Waals surface area contributed by atoms with Gasteiger partial charge in [0.2, 0.25) is 5.91 Å². The molecular formula is C45H83NO18. The highest BCUT2D eigenvalue weighted by atomic mass is 16.8. The smallest absolute Gasteiger partial charge is 0.220 e. The number of hydrogen-bond acceptors (Lipinski definition) is 18. The predicted molar refractivity (Wildman–Crippen MR) is 231 cm³/mol. The van der Waals surface area contributed by atoms with Gasteiger partial charge in [0.15, 0.2) is 18.9 Å². The third-order valence-electron chi connectivity index (χ3n) is 12.3. The first-order chi connectivity index (χ1) is 30.8. The van der Waals surface area contributed by atoms with E-state index in [1.807, 2.05) is 0 Å². The SMILES string of the molecule is CCCCC/C=C\CCCCCCCC(=O)NC(COC1OC(CO)C(OC2OC(CO)C(OC3OC(CO)C(O)C(O)C3O)C(O)C2O)C(O)C1O)C(O)CCCCCCCCC. The van der Waals surface area contributed by atoms with Crippen molar-refractivity contribution < 1.29 is 89.4 Å². The molecule has 0 bridgehead atoms. The van der Waals surface area contributed by atoms with Crippen molar-refractivity contribution in [3.63, 3.8) is 0 Å². The molecule has 3 aliphatic rings. The van der Waals surface area contributed by atoms with Crippen LogP contribution >= 0.6 is 0 Å². The minimum Gasteiger partial charge on any atom is -0.394 e. The molecule has 17 atom stereocenters. The molecule has 0 aromatic heterocycles. The van der Waals surface area contributed by atoms with E-state index in [0.717, 1.165) is 77.0 Å². The van der Waals surface area contributed by atoms with Crippen molar-refractivity contribution in [2.75, 3.05) is 26.4 Å². The lowest BCUT2D eigenvalue weighted by atomic mass is 9.96. The Morgan fingerprint density at radius 3 is 1.55 bits per heavy atom. The maximum absolute atomic E-state index is 13.1. The molecule has 3 saturated heterocycles. The molecule has 3 fully saturated rings. The van der Waals surface area contributed by atoms with Crippen LogP contribution in [0.2, 0.25) is 0 Å². The molecule has 0 aromatic carbocycles. The number of amides is 1. The van der Waals surface area contributed by atoms with Gasteiger partial charge in [-0.1, -0.05) is 103 Å². The Labute approximate surface area is 378 Å². The van der Waals surface area contributed by atoms with Crippen molar-refractivity contribution in [3.05, 3.63) is 12.2 Å². The number of aliphatic hydroxyl groups excluding tert-OH is 11. The number of rotatable bonds is 32. The Bertz CT molecular complexity index is 1250. The van der Waals surface area contributed by atoms with E-state index in [1.165, 1.54) is 25.7 Å². The van der Waals surface area contributed by atoms with Crippen molar-refractivity contribution in [2.45, 2.75) is 240 Å². The monoisotopic (exact) mass is 926 g/mol. The molecule has 17 unspecified atom stereocenters. The van der Waals surface area contributed by atoms with E-state index in [1.54, 1.807) is 0 Å². The summed E-state index contributed by atoms with van der Waals surface area (Å²) >= 11 is 0. The molecule has 1 amide bonds. The summed E-state index contributed by atoms with van der Waals surface area (Å²) in [4.78, 5) is 13.1. The maximum Gasteiger partial charge on any atom is 0.220 e. The Morgan fingerprint density at radius 1 is 0.547 bits per heavy atom. The van der Waals surface area contributed by atoms with Crippen molar-refractivity contribution in [2.24, 2.45) is 0 Å². The van der Waals surface area contributed by atoms with Crippen LogP contribution in [0.3, 0.4) is 0 Å². The van der Waals surface area contributed by atoms with Gasteiger partial charge in [-0.2, -0.15) is 0 Å². The lowest BCUT2D eigenvalue weighted by Gasteiger charge is -2.48. The van der Waals surface area contributed by atoms with E-state index in [9.17, 15) is 61.0 Å². The second-order valence-electron chi connectivity index (χ2n) is 17.6. The minimum absolute atomic E-state index is 0.256. The number of carbonyl (C=O) groups is 1. The van der Waals surface area contributed by atoms with E-state index in [0.29, 0.717) is 12.8 Å². The van der Waals surface area contributed by atoms with Crippen molar-refractivity contribution in [3.8, 4) is 0 Å². The molecule has 0 spiro atoms. The molecule has 0 saturated carbocycles. The zero-order valence-corrected chi connectivity index (χ0v) is 38.0. The summed E-state index contributed by atoms with van der Waals surface area (Å²) < 4.78 is 34.0. The molecule has 376 valence electrons. The molecule has 3 rings (SSSR count). The van der Waals surface area contributed by atoms with Gasteiger partial charge in [0.1, 0.15) is 73.2 Å². The summed E-state index contributed by atoms with van der Waals surface area (Å²) in [5.74, 6) is -0.260. The fourth-order valence-electron chi connectivity index (χ4n) is 8.25. The van der Waals surface area contributed by atoms with E-state index < -0.39 is 124 Å². The van der Waals surface area contributed by atoms with Gasteiger partial charge in [-0.15, -0.1) is 0 Å². The topological polar surface area (TPSA) is 307 Å². The van der Waals surface area contributed by atoms with Crippen LogP contribution in [0.4, 0.5) is 0 Å². The molecule has 0 radical (unpaired) electrons. The molecule has 0 aromatic rings. The van der Waals surface area contributed by atoms with Crippen LogP contribution < -0.4 is 5.32 Å². The normalized spacial score (nSPS) is 34.5. The number of aliphatic hydroxyl groups is 11. The van der Waals surface area contributed by atoms with Crippen LogP contribution in [0.1, 0.15) is 136 Å². The van der Waals surface area contributed by atoms with Crippen LogP contribution in [0, 0.1) is 0 Å². The number of unbranched alkanes of at least 4 members (excludes halogenated alkanes) is 14. The third kappa shape index (κ3) is 18.2. The Kier molecular flexibility index (Phi) is 28.0. The lowest BCUT2D eigenvalue weighted by molar-refractivity contribution is -0.379. The zero-order chi connectivity index (χ0) is 47.0. The predicted octanol–water partition coefficient (Wildman–Crippen LogP) is 0.305. The summed E-state index contributed by atoms with van der Waals surface area (Å²) in [6.07, 6.45) is -3.46. The summed E-state index contributed by atoms with van der Waals surface area (Å²) in [6.45, 7) is 1.64. The lowest BCUT2D eigenvalue weighted by Crippen LogP contribution is -2.66. The largest absolute Gasteiger partial charge is 0.394 e. The minimum atomic E-state index is -1.97. The summed E-state index contributed by atoms with van der Waals surface area (Å²) in [5, 5.41) is 119. The van der Waals surface area contributed by atoms with Crippen molar-refractivity contribution >= 4 is 5.91 Å². The van der Waals surface area contributed by atoms with Gasteiger partial charge < -0.3 is 89.9 Å². The summed E-state index contributed by atoms with van der Waals surface area (Å²) in [6, 6.07) is -0.882. The number of ether oxygens (including phenoxy) is 6. The number of carbonyl (C=O) groups excluding carboxylic acids is 1. The molecular weight excluding hydrogens is 842 g/mol. The first kappa shape index (κ1) is 56.9. The Morgan fingerprint density at radius 2 is 0.984 bits per heavy atom. The van der Waals surface area contributed by atoms with Gasteiger partial charge in [-0.05, 0) is 38.5 Å². The molecule has 0 aliphatic carbocycles. The zero-order valence-electron chi connectivity index (χ0n) is 38.0. The molecule has 19 heteroatoms. The van der Waals surface area contributed by atoms with E-state index in [4.69, 9.17) is 28.4 Å². The van der Waals surface area contributed by atoms with Crippen molar-refractivity contribution in [1.82, 2.24) is 5.32 Å². The number of nitrogens with one attached hydrogen (secondary N) is 1. The standard InChI is InChI=1S/C45H83NO18/c1-3-5-7-9-11-12-13-14-15-17-19-21-23-33(51)46-28(29(50)22-20-18-16-10-8-6-4-2)27-59-43-39(57)36(54)41(31(25-48)61-43)64-45-40(58)37(55)42(32(26-49)62-45)63-44-38(56)35(53)34(52)30(24-47)60-44/h11-12,28-32,34-45,47-50,52-58H,3-10,13-27H2,1-2H3,(H,46,51)/b12-11-. The van der Waals surface area contributed by atoms with Gasteiger partial charge in [0.25, 0.3) is 0 Å². The fraction of sp³-hybridized carbons (Fsp3) is 0.933. The molecule has 64 heavy (non-hydrogen) atoms. The van der Waals surface area contributed by atoms with E-state index in [-0.39, 0.29) is 18.9 Å². The van der Waals surface area contributed by atoms with Gasteiger partial charge in [-0.3, -0.25) is 4.79 Å². The van der Waals surface area contributed by atoms with Crippen molar-refractivity contribution in [1.29, 1.82) is 0 Å². The first-order valence-electron chi connectivity index (χ1n) is 23.9. The first-order valence-corrected chi connectivity index (χ1v) is 23.9. The molecule has 3 aliphatic heterocycles. The third-order valence-corrected chi connectivity index (χ3v) is 12.3. The molecule has 12 N–H and O–H groups in total. The fourth-order valence-corrected chi connectivity index (χ4v) is 8.25. The summed E-state index contributed by atoms with van der Waals surface area (Å²) in [7, 11) is 0. The van der Waals surface area contributed by atoms with Crippen LogP contribution in [0.15, 0.2) is 12.2 Å². The van der Waals surface area contributed by atoms with E-state index in [2.05, 4.69) is 31.3 Å². The van der Waals surface area contributed by atoms with Gasteiger partial charge in [-0.25, -0.2) is 0 Å². The molecule has 19 nitrogen and oxygen atoms in total. The highest BCUT2D eigenvalue weighted by Gasteiger charge is 2.53. The van der Waals surface area contributed by atoms with Gasteiger partial charge >= 0.3 is 0 Å². The average molecular weight is 926 g/mol. The quantitative estimate of drug-likeness (QED) is 0.0319. The van der Waals surface area contributed by atoms with Crippen LogP contribution in [0.25, 0.3) is 0 Å². The number of allylic oxidation sites excluding steroid dienone is 2. The number of hydrogen-bond donors (Lipinski definition) is 12. The highest BCUT2D eigenvalue weighted by molar-refractivity contribution is 5.76. The van der Waals surface area contributed by atoms with E-state index >= 15 is 0 Å². The van der Waals surface area contributed by atoms with Crippen LogP contribution in [-0.2, 0) is 33.2 Å². The Balaban J connectivity index is 1.57. The second-order valence-corrected chi connectivity index (χ2v) is 17.6. The molecule has 3 heterocycles.